The van der Waals surface area contributed by atoms with E-state index >= 15 is 0 Å². The summed E-state index contributed by atoms with van der Waals surface area (Å²) in [6.45, 7) is 6.71. The Kier molecular flexibility index (Phi) is 2.93. The molecule has 1 rings (SSSR count). The fraction of sp³-hybridized carbons (Fsp3) is 0.600. The number of hydrogen-bond acceptors (Lipinski definition) is 2. The van der Waals surface area contributed by atoms with Gasteiger partial charge in [0, 0.05) is 18.8 Å². The molecule has 1 N–H and O–H groups in total. The highest BCUT2D eigenvalue weighted by atomic mass is 16.2. The van der Waals surface area contributed by atoms with E-state index in [4.69, 9.17) is 0 Å². The SMILES string of the molecule is CC(C)(C)CCn1c(=O)cc[nH]c1=O. The fourth-order valence-electron chi connectivity index (χ4n) is 1.11. The standard InChI is InChI=1S/C10H16N2O2/c1-10(2,3)5-7-12-8(13)4-6-11-9(12)14/h4,6H,5,7H2,1-3H3,(H,11,14). The van der Waals surface area contributed by atoms with E-state index in [-0.39, 0.29) is 16.7 Å². The predicted octanol–water partition coefficient (Wildman–Crippen LogP) is 0.973. The molecule has 0 aliphatic heterocycles. The van der Waals surface area contributed by atoms with Crippen molar-refractivity contribution < 1.29 is 0 Å². The highest BCUT2D eigenvalue weighted by molar-refractivity contribution is 4.83. The van der Waals surface area contributed by atoms with Crippen molar-refractivity contribution >= 4 is 0 Å². The first-order valence-corrected chi connectivity index (χ1v) is 4.69. The van der Waals surface area contributed by atoms with Crippen LogP contribution in [0.3, 0.4) is 0 Å². The molecule has 0 fully saturated rings. The van der Waals surface area contributed by atoms with Crippen molar-refractivity contribution in [3.8, 4) is 0 Å². The second kappa shape index (κ2) is 3.82. The van der Waals surface area contributed by atoms with Gasteiger partial charge in [0.15, 0.2) is 0 Å². The number of H-pyrrole nitrogens is 1. The first kappa shape index (κ1) is 10.8. The molecule has 0 aromatic carbocycles. The van der Waals surface area contributed by atoms with Gasteiger partial charge in [-0.15, -0.1) is 0 Å². The van der Waals surface area contributed by atoms with Gasteiger partial charge in [-0.3, -0.25) is 9.36 Å². The lowest BCUT2D eigenvalue weighted by atomic mass is 9.92. The Labute approximate surface area is 82.6 Å². The van der Waals surface area contributed by atoms with Crippen molar-refractivity contribution in [1.29, 1.82) is 0 Å². The minimum atomic E-state index is -0.332. The van der Waals surface area contributed by atoms with Crippen LogP contribution in [0, 0.1) is 5.41 Å². The van der Waals surface area contributed by atoms with Crippen LogP contribution >= 0.6 is 0 Å². The van der Waals surface area contributed by atoms with Gasteiger partial charge in [0.1, 0.15) is 0 Å². The monoisotopic (exact) mass is 196 g/mol. The van der Waals surface area contributed by atoms with E-state index in [1.165, 1.54) is 16.8 Å². The van der Waals surface area contributed by atoms with Crippen LogP contribution in [0.2, 0.25) is 0 Å². The van der Waals surface area contributed by atoms with Crippen molar-refractivity contribution in [3.63, 3.8) is 0 Å². The molecule has 1 aromatic heterocycles. The minimum Gasteiger partial charge on any atom is -0.314 e. The van der Waals surface area contributed by atoms with Gasteiger partial charge in [0.25, 0.3) is 5.56 Å². The lowest BCUT2D eigenvalue weighted by molar-refractivity contribution is 0.344. The Morgan fingerprint density at radius 1 is 1.36 bits per heavy atom. The summed E-state index contributed by atoms with van der Waals surface area (Å²) >= 11 is 0. The zero-order valence-corrected chi connectivity index (χ0v) is 8.83. The Morgan fingerprint density at radius 3 is 2.50 bits per heavy atom. The lowest BCUT2D eigenvalue weighted by Gasteiger charge is -2.17. The summed E-state index contributed by atoms with van der Waals surface area (Å²) < 4.78 is 1.23. The van der Waals surface area contributed by atoms with Gasteiger partial charge in [-0.05, 0) is 11.8 Å². The summed E-state index contributed by atoms with van der Waals surface area (Å²) in [5.74, 6) is 0. The first-order chi connectivity index (χ1) is 6.40. The van der Waals surface area contributed by atoms with E-state index in [0.29, 0.717) is 6.54 Å². The Balaban J connectivity index is 2.88. The number of aromatic amines is 1. The average molecular weight is 196 g/mol. The summed E-state index contributed by atoms with van der Waals surface area (Å²) in [5.41, 5.74) is -0.443. The maximum absolute atomic E-state index is 11.3. The molecule has 0 amide bonds. The van der Waals surface area contributed by atoms with Gasteiger partial charge in [-0.2, -0.15) is 0 Å². The van der Waals surface area contributed by atoms with Gasteiger partial charge < -0.3 is 4.98 Å². The maximum Gasteiger partial charge on any atom is 0.328 e. The molecule has 0 bridgehead atoms. The summed E-state index contributed by atoms with van der Waals surface area (Å²) in [7, 11) is 0. The molecule has 0 radical (unpaired) electrons. The molecular formula is C10H16N2O2. The molecule has 0 saturated carbocycles. The zero-order valence-electron chi connectivity index (χ0n) is 8.83. The second-order valence-electron chi connectivity index (χ2n) is 4.58. The van der Waals surface area contributed by atoms with Crippen molar-refractivity contribution in [2.75, 3.05) is 0 Å². The molecule has 0 aliphatic carbocycles. The third-order valence-electron chi connectivity index (χ3n) is 2.03. The van der Waals surface area contributed by atoms with Crippen LogP contribution in [-0.2, 0) is 6.54 Å². The number of nitrogens with zero attached hydrogens (tertiary/aromatic N) is 1. The summed E-state index contributed by atoms with van der Waals surface area (Å²) in [5, 5.41) is 0. The van der Waals surface area contributed by atoms with Gasteiger partial charge >= 0.3 is 5.69 Å². The maximum atomic E-state index is 11.3. The third kappa shape index (κ3) is 2.87. The topological polar surface area (TPSA) is 54.9 Å². The quantitative estimate of drug-likeness (QED) is 0.766. The van der Waals surface area contributed by atoms with Gasteiger partial charge in [-0.25, -0.2) is 4.79 Å². The summed E-state index contributed by atoms with van der Waals surface area (Å²) in [4.78, 5) is 25.0. The smallest absolute Gasteiger partial charge is 0.314 e. The molecule has 0 saturated heterocycles. The van der Waals surface area contributed by atoms with E-state index in [0.717, 1.165) is 6.42 Å². The molecule has 0 unspecified atom stereocenters. The predicted molar refractivity (Wildman–Crippen MR) is 55.4 cm³/mol. The van der Waals surface area contributed by atoms with Crippen LogP contribution in [0.15, 0.2) is 21.9 Å². The van der Waals surface area contributed by atoms with Crippen LogP contribution in [0.1, 0.15) is 27.2 Å². The highest BCUT2D eigenvalue weighted by Gasteiger charge is 2.11. The molecule has 1 heterocycles. The van der Waals surface area contributed by atoms with E-state index in [2.05, 4.69) is 25.8 Å². The minimum absolute atomic E-state index is 0.127. The van der Waals surface area contributed by atoms with Gasteiger partial charge in [0.05, 0.1) is 0 Å². The summed E-state index contributed by atoms with van der Waals surface area (Å²) in [6.07, 6.45) is 2.18. The van der Waals surface area contributed by atoms with Crippen molar-refractivity contribution in [2.24, 2.45) is 5.41 Å². The average Bonchev–Trinajstić information content (AvgIpc) is 2.01. The van der Waals surface area contributed by atoms with E-state index in [1.54, 1.807) is 0 Å². The molecular weight excluding hydrogens is 180 g/mol. The molecule has 14 heavy (non-hydrogen) atoms. The molecule has 4 heteroatoms. The molecule has 78 valence electrons. The zero-order chi connectivity index (χ0) is 10.8. The van der Waals surface area contributed by atoms with Crippen molar-refractivity contribution in [1.82, 2.24) is 9.55 Å². The first-order valence-electron chi connectivity index (χ1n) is 4.69. The lowest BCUT2D eigenvalue weighted by Crippen LogP contribution is -2.34. The third-order valence-corrected chi connectivity index (χ3v) is 2.03. The van der Waals surface area contributed by atoms with Crippen molar-refractivity contribution in [3.05, 3.63) is 33.1 Å². The van der Waals surface area contributed by atoms with Crippen LogP contribution in [0.5, 0.6) is 0 Å². The molecule has 4 nitrogen and oxygen atoms in total. The van der Waals surface area contributed by atoms with Crippen LogP contribution in [0.4, 0.5) is 0 Å². The van der Waals surface area contributed by atoms with E-state index < -0.39 is 0 Å². The van der Waals surface area contributed by atoms with Crippen LogP contribution in [-0.4, -0.2) is 9.55 Å². The molecule has 0 atom stereocenters. The van der Waals surface area contributed by atoms with Gasteiger partial charge in [0.2, 0.25) is 0 Å². The number of rotatable bonds is 2. The van der Waals surface area contributed by atoms with Crippen LogP contribution < -0.4 is 11.2 Å². The molecule has 1 aromatic rings. The fourth-order valence-corrected chi connectivity index (χ4v) is 1.11. The van der Waals surface area contributed by atoms with E-state index in [1.807, 2.05) is 0 Å². The normalized spacial score (nSPS) is 11.6. The Hall–Kier alpha value is -1.32. The second-order valence-corrected chi connectivity index (χ2v) is 4.58. The van der Waals surface area contributed by atoms with Crippen LogP contribution in [0.25, 0.3) is 0 Å². The molecule has 0 spiro atoms. The number of nitrogens with one attached hydrogen (secondary N) is 1. The highest BCUT2D eigenvalue weighted by Crippen LogP contribution is 2.18. The van der Waals surface area contributed by atoms with Gasteiger partial charge in [-0.1, -0.05) is 20.8 Å². The molecule has 0 aliphatic rings. The van der Waals surface area contributed by atoms with E-state index in [9.17, 15) is 9.59 Å². The number of aromatic nitrogens is 2. The summed E-state index contributed by atoms with van der Waals surface area (Å²) in [6, 6.07) is 1.37. The number of hydrogen-bond donors (Lipinski definition) is 1. The Morgan fingerprint density at radius 2 is 2.00 bits per heavy atom. The Bertz CT molecular complexity index is 381. The van der Waals surface area contributed by atoms with Crippen molar-refractivity contribution in [2.45, 2.75) is 33.7 Å². The largest absolute Gasteiger partial charge is 0.328 e.